The van der Waals surface area contributed by atoms with Crippen molar-refractivity contribution in [2.45, 2.75) is 6.42 Å². The number of hydrogen-bond acceptors (Lipinski definition) is 5. The lowest BCUT2D eigenvalue weighted by Gasteiger charge is -2.03. The van der Waals surface area contributed by atoms with Gasteiger partial charge in [0.1, 0.15) is 0 Å². The minimum Gasteiger partial charge on any atom is -0.447 e. The van der Waals surface area contributed by atoms with Gasteiger partial charge in [-0.1, -0.05) is 11.6 Å². The maximum Gasteiger partial charge on any atom is 0.219 e. The van der Waals surface area contributed by atoms with E-state index in [0.29, 0.717) is 21.7 Å². The molecule has 3 N–H and O–H groups in total. The van der Waals surface area contributed by atoms with Crippen LogP contribution in [0.25, 0.3) is 11.0 Å². The second-order valence-electron chi connectivity index (χ2n) is 3.28. The van der Waals surface area contributed by atoms with E-state index in [-0.39, 0.29) is 17.5 Å². The molecule has 0 aliphatic heterocycles. The highest BCUT2D eigenvalue weighted by molar-refractivity contribution is 14.1. The summed E-state index contributed by atoms with van der Waals surface area (Å²) < 4.78 is 6.07. The quantitative estimate of drug-likeness (QED) is 0.804. The van der Waals surface area contributed by atoms with Gasteiger partial charge in [0, 0.05) is 19.0 Å². The second kappa shape index (κ2) is 5.05. The molecule has 0 spiro atoms. The Morgan fingerprint density at radius 3 is 3.06 bits per heavy atom. The fraction of sp³-hybridized carbons (Fsp3) is 0.222. The third-order valence-electron chi connectivity index (χ3n) is 2.05. The largest absolute Gasteiger partial charge is 0.447 e. The van der Waals surface area contributed by atoms with E-state index in [4.69, 9.17) is 21.8 Å². The molecule has 0 saturated heterocycles. The number of rotatable bonds is 4. The molecule has 0 fully saturated rings. The molecule has 0 radical (unpaired) electrons. The Labute approximate surface area is 115 Å². The van der Waals surface area contributed by atoms with Crippen molar-refractivity contribution in [1.29, 1.82) is 0 Å². The molecule has 0 saturated carbocycles. The Balaban J connectivity index is 2.28. The third-order valence-corrected chi connectivity index (χ3v) is 2.82. The number of nitrogens with one attached hydrogen (secondary N) is 1. The first-order chi connectivity index (χ1) is 8.08. The number of nitrogens with two attached hydrogens (primary N) is 1. The highest BCUT2D eigenvalue weighted by Gasteiger charge is 2.12. The number of hydrogen-bond donors (Lipinski definition) is 2. The Hall–Kier alpha value is -1.09. The monoisotopic (exact) mass is 366 g/mol. The molecule has 0 aliphatic carbocycles. The van der Waals surface area contributed by atoms with Crippen molar-refractivity contribution in [1.82, 2.24) is 10.2 Å². The number of amides is 1. The molecule has 8 heteroatoms. The van der Waals surface area contributed by atoms with Gasteiger partial charge in [0.25, 0.3) is 0 Å². The zero-order valence-electron chi connectivity index (χ0n) is 8.54. The van der Waals surface area contributed by atoms with Crippen molar-refractivity contribution >= 4 is 56.9 Å². The molecule has 0 aliphatic rings. The van der Waals surface area contributed by atoms with Gasteiger partial charge in [-0.25, -0.2) is 0 Å². The number of furan rings is 1. The highest BCUT2D eigenvalue weighted by Crippen LogP contribution is 2.29. The molecule has 17 heavy (non-hydrogen) atoms. The van der Waals surface area contributed by atoms with Gasteiger partial charge < -0.3 is 15.5 Å². The van der Waals surface area contributed by atoms with Gasteiger partial charge in [0.15, 0.2) is 20.3 Å². The van der Waals surface area contributed by atoms with Crippen LogP contribution in [-0.4, -0.2) is 22.6 Å². The summed E-state index contributed by atoms with van der Waals surface area (Å²) in [6.07, 6.45) is 0.223. The van der Waals surface area contributed by atoms with Gasteiger partial charge in [-0.2, -0.15) is 0 Å². The number of primary amides is 1. The molecule has 2 rings (SSSR count). The summed E-state index contributed by atoms with van der Waals surface area (Å²) in [6.45, 7) is 0.391. The Kier molecular flexibility index (Phi) is 3.67. The lowest BCUT2D eigenvalue weighted by Crippen LogP contribution is -2.16. The lowest BCUT2D eigenvalue weighted by molar-refractivity contribution is -0.117. The van der Waals surface area contributed by atoms with E-state index in [1.807, 2.05) is 22.6 Å². The molecular formula is C9H8ClIN4O2. The molecule has 0 aromatic carbocycles. The summed E-state index contributed by atoms with van der Waals surface area (Å²) >= 11 is 7.89. The lowest BCUT2D eigenvalue weighted by atomic mass is 10.3. The van der Waals surface area contributed by atoms with Gasteiger partial charge in [-0.05, 0) is 22.6 Å². The normalized spacial score (nSPS) is 10.7. The number of carbonyl (C=O) groups is 1. The van der Waals surface area contributed by atoms with Crippen LogP contribution in [0.3, 0.4) is 0 Å². The summed E-state index contributed by atoms with van der Waals surface area (Å²) in [5, 5.41) is 11.6. The van der Waals surface area contributed by atoms with Gasteiger partial charge in [-0.3, -0.25) is 4.79 Å². The predicted molar refractivity (Wildman–Crippen MR) is 71.8 cm³/mol. The van der Waals surface area contributed by atoms with Crippen molar-refractivity contribution in [3.8, 4) is 0 Å². The molecule has 0 unspecified atom stereocenters. The highest BCUT2D eigenvalue weighted by atomic mass is 127. The first-order valence-electron chi connectivity index (χ1n) is 4.71. The van der Waals surface area contributed by atoms with Gasteiger partial charge in [0.05, 0.1) is 5.39 Å². The van der Waals surface area contributed by atoms with Gasteiger partial charge in [0.2, 0.25) is 5.91 Å². The summed E-state index contributed by atoms with van der Waals surface area (Å²) in [6, 6.07) is 1.79. The second-order valence-corrected chi connectivity index (χ2v) is 4.70. The van der Waals surface area contributed by atoms with Crippen molar-refractivity contribution in [2.75, 3.05) is 11.9 Å². The van der Waals surface area contributed by atoms with Crippen LogP contribution in [0.4, 0.5) is 5.82 Å². The summed E-state index contributed by atoms with van der Waals surface area (Å²) in [4.78, 5) is 10.6. The van der Waals surface area contributed by atoms with Gasteiger partial charge >= 0.3 is 0 Å². The Morgan fingerprint density at radius 1 is 1.59 bits per heavy atom. The van der Waals surface area contributed by atoms with Crippen LogP contribution in [0, 0.1) is 3.77 Å². The van der Waals surface area contributed by atoms with Crippen LogP contribution in [0.1, 0.15) is 6.42 Å². The Bertz CT molecular complexity index is 571. The van der Waals surface area contributed by atoms with Crippen molar-refractivity contribution in [3.05, 3.63) is 15.0 Å². The average molecular weight is 367 g/mol. The van der Waals surface area contributed by atoms with E-state index in [1.54, 1.807) is 6.07 Å². The summed E-state index contributed by atoms with van der Waals surface area (Å²) in [5.74, 6) is 0.148. The number of aromatic nitrogens is 2. The number of anilines is 1. The zero-order valence-corrected chi connectivity index (χ0v) is 11.4. The fourth-order valence-corrected chi connectivity index (χ4v) is 2.03. The SMILES string of the molecule is NC(=O)CCNc1nnc(Cl)c2oc(I)cc12. The molecule has 2 heterocycles. The van der Waals surface area contributed by atoms with Crippen molar-refractivity contribution in [3.63, 3.8) is 0 Å². The predicted octanol–water partition coefficient (Wildman–Crippen LogP) is 1.77. The van der Waals surface area contributed by atoms with Gasteiger partial charge in [-0.15, -0.1) is 10.2 Å². The molecule has 0 bridgehead atoms. The van der Waals surface area contributed by atoms with Crippen LogP contribution < -0.4 is 11.1 Å². The van der Waals surface area contributed by atoms with Crippen LogP contribution in [0.2, 0.25) is 5.15 Å². The van der Waals surface area contributed by atoms with Crippen LogP contribution in [0.5, 0.6) is 0 Å². The molecule has 90 valence electrons. The van der Waals surface area contributed by atoms with Crippen molar-refractivity contribution < 1.29 is 9.21 Å². The average Bonchev–Trinajstić information content (AvgIpc) is 2.64. The van der Waals surface area contributed by atoms with E-state index in [2.05, 4.69) is 15.5 Å². The van der Waals surface area contributed by atoms with Crippen LogP contribution in [-0.2, 0) is 4.79 Å². The molecule has 0 atom stereocenters. The number of nitrogens with zero attached hydrogens (tertiary/aromatic N) is 2. The standard InChI is InChI=1S/C9H8ClIN4O2/c10-8-7-4(3-5(11)17-7)9(15-14-8)13-2-1-6(12)16/h3H,1-2H2,(H2,12,16)(H,13,15). The number of halogens is 2. The minimum atomic E-state index is -0.377. The third kappa shape index (κ3) is 2.78. The topological polar surface area (TPSA) is 94.0 Å². The maximum atomic E-state index is 10.6. The zero-order chi connectivity index (χ0) is 12.4. The smallest absolute Gasteiger partial charge is 0.219 e. The molecule has 1 amide bonds. The van der Waals surface area contributed by atoms with Crippen LogP contribution >= 0.6 is 34.2 Å². The first-order valence-corrected chi connectivity index (χ1v) is 6.17. The fourth-order valence-electron chi connectivity index (χ4n) is 1.32. The van der Waals surface area contributed by atoms with Crippen LogP contribution in [0.15, 0.2) is 10.5 Å². The minimum absolute atomic E-state index is 0.211. The summed E-state index contributed by atoms with van der Waals surface area (Å²) in [5.41, 5.74) is 5.52. The summed E-state index contributed by atoms with van der Waals surface area (Å²) in [7, 11) is 0. The molecule has 2 aromatic rings. The molecule has 6 nitrogen and oxygen atoms in total. The van der Waals surface area contributed by atoms with E-state index in [0.717, 1.165) is 5.39 Å². The molecule has 2 aromatic heterocycles. The van der Waals surface area contributed by atoms with E-state index in [9.17, 15) is 4.79 Å². The molecular weight excluding hydrogens is 358 g/mol. The van der Waals surface area contributed by atoms with E-state index in [1.165, 1.54) is 0 Å². The van der Waals surface area contributed by atoms with E-state index < -0.39 is 0 Å². The number of carbonyl (C=O) groups excluding carboxylic acids is 1. The van der Waals surface area contributed by atoms with Crippen molar-refractivity contribution in [2.24, 2.45) is 5.73 Å². The van der Waals surface area contributed by atoms with E-state index >= 15 is 0 Å². The first kappa shape index (κ1) is 12.4. The Morgan fingerprint density at radius 2 is 2.35 bits per heavy atom. The maximum absolute atomic E-state index is 10.6. The number of fused-ring (bicyclic) bond motifs is 1.